The Morgan fingerprint density at radius 2 is 0.800 bits per heavy atom. The predicted octanol–water partition coefficient (Wildman–Crippen LogP) is 20.0. The van der Waals surface area contributed by atoms with Crippen LogP contribution in [0.25, 0.3) is 0 Å². The van der Waals surface area contributed by atoms with Crippen molar-refractivity contribution in [1.82, 2.24) is 5.32 Å². The van der Waals surface area contributed by atoms with E-state index in [0.717, 1.165) is 70.6 Å². The van der Waals surface area contributed by atoms with Crippen molar-refractivity contribution >= 4 is 13.7 Å². The molecule has 8 nitrogen and oxygen atoms in total. The second-order valence-corrected chi connectivity index (χ2v) is 24.6. The third-order valence-corrected chi connectivity index (χ3v) is 15.5. The van der Waals surface area contributed by atoms with Gasteiger partial charge < -0.3 is 19.8 Å². The van der Waals surface area contributed by atoms with Gasteiger partial charge in [0.25, 0.3) is 0 Å². The quantitative estimate of drug-likeness (QED) is 0.0243. The van der Waals surface area contributed by atoms with Crippen LogP contribution in [0.5, 0.6) is 0 Å². The topological polar surface area (TPSA) is 105 Å². The summed E-state index contributed by atoms with van der Waals surface area (Å²) < 4.78 is 23.8. The van der Waals surface area contributed by atoms with Gasteiger partial charge in [0, 0.05) is 6.42 Å². The maximum absolute atomic E-state index is 13.0. The smallest absolute Gasteiger partial charge is 0.391 e. The zero-order valence-corrected chi connectivity index (χ0v) is 51.2. The molecule has 0 aliphatic rings. The van der Waals surface area contributed by atoms with Gasteiger partial charge >= 0.3 is 7.82 Å². The van der Waals surface area contributed by atoms with E-state index in [1.165, 1.54) is 205 Å². The lowest BCUT2D eigenvalue weighted by atomic mass is 10.0. The first-order valence-corrected chi connectivity index (χ1v) is 33.6. The predicted molar refractivity (Wildman–Crippen MR) is 327 cm³/mol. The highest BCUT2D eigenvalue weighted by atomic mass is 31.2. The zero-order chi connectivity index (χ0) is 54.9. The highest BCUT2D eigenvalue weighted by Gasteiger charge is 2.28. The molecule has 0 saturated heterocycles. The van der Waals surface area contributed by atoms with Crippen molar-refractivity contribution in [3.8, 4) is 0 Å². The van der Waals surface area contributed by atoms with E-state index in [4.69, 9.17) is 9.05 Å². The van der Waals surface area contributed by atoms with Crippen molar-refractivity contribution in [1.29, 1.82) is 0 Å². The summed E-state index contributed by atoms with van der Waals surface area (Å²) in [5.74, 6) is -0.140. The first-order valence-electron chi connectivity index (χ1n) is 32.2. The van der Waals surface area contributed by atoms with Crippen molar-refractivity contribution in [3.05, 3.63) is 60.8 Å². The van der Waals surface area contributed by atoms with E-state index in [1.807, 2.05) is 21.1 Å². The fourth-order valence-electron chi connectivity index (χ4n) is 9.55. The fraction of sp³-hybridized carbons (Fsp3) is 0.833. The summed E-state index contributed by atoms with van der Waals surface area (Å²) in [5.41, 5.74) is 0. The number of carbonyl (C=O) groups excluding carboxylic acids is 1. The molecule has 0 rings (SSSR count). The van der Waals surface area contributed by atoms with Crippen LogP contribution in [0.1, 0.15) is 303 Å². The van der Waals surface area contributed by atoms with E-state index < -0.39 is 20.0 Å². The van der Waals surface area contributed by atoms with Gasteiger partial charge in [0.1, 0.15) is 13.2 Å². The maximum Gasteiger partial charge on any atom is 0.472 e. The Morgan fingerprint density at radius 1 is 0.467 bits per heavy atom. The normalized spacial score (nSPS) is 14.2. The van der Waals surface area contributed by atoms with Gasteiger partial charge in [0.2, 0.25) is 5.91 Å². The SMILES string of the molecule is CC/C=C\C/C=C\C/C=C\C/C=C\C/C=C\CCCCCCCCCCCCCCCCCCCCCCCC(=O)NC(COP(=O)(O)OCC[N+](C)(C)C)C(O)CCCCCCCCCCCCCCCCCC. The first-order chi connectivity index (χ1) is 36.5. The van der Waals surface area contributed by atoms with Gasteiger partial charge in [-0.1, -0.05) is 299 Å². The Labute approximate surface area is 466 Å². The molecule has 0 saturated carbocycles. The van der Waals surface area contributed by atoms with Crippen LogP contribution in [-0.4, -0.2) is 73.4 Å². The number of allylic oxidation sites excluding steroid dienone is 10. The van der Waals surface area contributed by atoms with Crippen LogP contribution >= 0.6 is 7.82 Å². The minimum Gasteiger partial charge on any atom is -0.391 e. The molecule has 9 heteroatoms. The lowest BCUT2D eigenvalue weighted by Crippen LogP contribution is -2.46. The van der Waals surface area contributed by atoms with Crippen LogP contribution in [0.15, 0.2) is 60.8 Å². The minimum atomic E-state index is -4.32. The molecular weight excluding hydrogens is 948 g/mol. The highest BCUT2D eigenvalue weighted by molar-refractivity contribution is 7.47. The summed E-state index contributed by atoms with van der Waals surface area (Å²) in [6.45, 7) is 4.81. The number of phosphoric ester groups is 1. The lowest BCUT2D eigenvalue weighted by molar-refractivity contribution is -0.870. The van der Waals surface area contributed by atoms with Gasteiger partial charge in [-0.3, -0.25) is 13.8 Å². The molecular formula is C66H126N2O6P+. The van der Waals surface area contributed by atoms with E-state index >= 15 is 0 Å². The second-order valence-electron chi connectivity index (χ2n) is 23.1. The Hall–Kier alpha value is -1.80. The molecule has 3 unspecified atom stereocenters. The number of aliphatic hydroxyl groups is 1. The molecule has 0 aromatic carbocycles. The number of phosphoric acid groups is 1. The lowest BCUT2D eigenvalue weighted by Gasteiger charge is -2.26. The molecule has 0 radical (unpaired) electrons. The van der Waals surface area contributed by atoms with Crippen LogP contribution < -0.4 is 5.32 Å². The monoisotopic (exact) mass is 1070 g/mol. The molecule has 75 heavy (non-hydrogen) atoms. The van der Waals surface area contributed by atoms with E-state index in [0.29, 0.717) is 23.9 Å². The Bertz CT molecular complexity index is 1400. The number of hydrogen-bond donors (Lipinski definition) is 3. The standard InChI is InChI=1S/C66H125N2O6P/c1-6-8-10-12-14-16-18-20-22-24-25-26-27-28-29-30-31-32-33-34-35-36-37-38-39-40-41-42-43-44-46-48-50-52-54-56-58-60-66(70)67-64(63-74-75(71,72)73-62-61-68(3,4)5)65(69)59-57-55-53-51-49-47-45-23-21-19-17-15-13-11-9-7-2/h8,10,14,16,20,22,25-26,28-29,64-65,69H,6-7,9,11-13,15,17-19,21,23-24,27,30-63H2,1-5H3,(H-,67,70,71,72)/p+1/b10-8-,16-14-,22-20-,26-25-,29-28-. The van der Waals surface area contributed by atoms with E-state index in [-0.39, 0.29) is 19.1 Å². The summed E-state index contributed by atoms with van der Waals surface area (Å²) in [4.78, 5) is 23.4. The Balaban J connectivity index is 3.94. The van der Waals surface area contributed by atoms with Gasteiger partial charge in [0.05, 0.1) is 39.9 Å². The Kier molecular flexibility index (Phi) is 55.5. The number of likely N-dealkylation sites (N-methyl/N-ethyl adjacent to an activating group) is 1. The molecule has 0 aliphatic carbocycles. The summed E-state index contributed by atoms with van der Waals surface area (Å²) in [7, 11) is 1.63. The maximum atomic E-state index is 13.0. The van der Waals surface area contributed by atoms with E-state index in [9.17, 15) is 19.4 Å². The number of unbranched alkanes of at least 4 members (excludes halogenated alkanes) is 36. The summed E-state index contributed by atoms with van der Waals surface area (Å²) in [5, 5.41) is 14.1. The van der Waals surface area contributed by atoms with Crippen molar-refractivity contribution in [3.63, 3.8) is 0 Å². The summed E-state index contributed by atoms with van der Waals surface area (Å²) in [6, 6.07) is -0.760. The molecule has 0 bridgehead atoms. The molecule has 0 fully saturated rings. The van der Waals surface area contributed by atoms with Crippen LogP contribution in [-0.2, 0) is 18.4 Å². The van der Waals surface area contributed by atoms with Gasteiger partial charge in [-0.15, -0.1) is 0 Å². The number of nitrogens with zero attached hydrogens (tertiary/aromatic N) is 1. The average Bonchev–Trinajstić information content (AvgIpc) is 3.37. The third-order valence-electron chi connectivity index (χ3n) is 14.5. The van der Waals surface area contributed by atoms with E-state index in [1.54, 1.807) is 0 Å². The van der Waals surface area contributed by atoms with Gasteiger partial charge in [-0.05, 0) is 57.8 Å². The van der Waals surface area contributed by atoms with Crippen molar-refractivity contribution < 1.29 is 32.9 Å². The number of hydrogen-bond acceptors (Lipinski definition) is 5. The van der Waals surface area contributed by atoms with Crippen LogP contribution in [0.3, 0.4) is 0 Å². The van der Waals surface area contributed by atoms with E-state index in [2.05, 4.69) is 79.9 Å². The number of aliphatic hydroxyl groups excluding tert-OH is 1. The molecule has 0 spiro atoms. The molecule has 1 amide bonds. The molecule has 3 N–H and O–H groups in total. The average molecular weight is 1070 g/mol. The van der Waals surface area contributed by atoms with Gasteiger partial charge in [-0.2, -0.15) is 0 Å². The first kappa shape index (κ1) is 73.2. The zero-order valence-electron chi connectivity index (χ0n) is 50.3. The number of carbonyl (C=O) groups is 1. The number of nitrogens with one attached hydrogen (secondary N) is 1. The van der Waals surface area contributed by atoms with Crippen LogP contribution in [0.4, 0.5) is 0 Å². The number of quaternary nitrogens is 1. The second kappa shape index (κ2) is 56.9. The third kappa shape index (κ3) is 59.7. The minimum absolute atomic E-state index is 0.0757. The molecule has 0 aromatic heterocycles. The molecule has 0 aromatic rings. The van der Waals surface area contributed by atoms with Gasteiger partial charge in [0.15, 0.2) is 0 Å². The number of rotatable bonds is 59. The van der Waals surface area contributed by atoms with Crippen molar-refractivity contribution in [2.24, 2.45) is 0 Å². The van der Waals surface area contributed by atoms with Crippen molar-refractivity contribution in [2.45, 2.75) is 315 Å². The molecule has 0 heterocycles. The molecule has 440 valence electrons. The largest absolute Gasteiger partial charge is 0.472 e. The molecule has 0 aliphatic heterocycles. The Morgan fingerprint density at radius 3 is 1.17 bits per heavy atom. The highest BCUT2D eigenvalue weighted by Crippen LogP contribution is 2.43. The number of amides is 1. The molecule has 3 atom stereocenters. The summed E-state index contributed by atoms with van der Waals surface area (Å²) in [6.07, 6.45) is 77.3. The van der Waals surface area contributed by atoms with Crippen molar-refractivity contribution in [2.75, 3.05) is 40.9 Å². The fourth-order valence-corrected chi connectivity index (χ4v) is 10.3. The van der Waals surface area contributed by atoms with Crippen LogP contribution in [0, 0.1) is 0 Å². The van der Waals surface area contributed by atoms with Gasteiger partial charge in [-0.25, -0.2) is 4.57 Å². The summed E-state index contributed by atoms with van der Waals surface area (Å²) >= 11 is 0. The van der Waals surface area contributed by atoms with Crippen LogP contribution in [0.2, 0.25) is 0 Å².